The van der Waals surface area contributed by atoms with Crippen molar-refractivity contribution in [1.29, 1.82) is 0 Å². The Labute approximate surface area is 134 Å². The summed E-state index contributed by atoms with van der Waals surface area (Å²) in [6, 6.07) is 7.28. The molecule has 2 aromatic heterocycles. The van der Waals surface area contributed by atoms with Crippen molar-refractivity contribution in [2.75, 3.05) is 19.6 Å². The minimum Gasteiger partial charge on any atom is -0.372 e. The Kier molecular flexibility index (Phi) is 4.29. The fourth-order valence-corrected chi connectivity index (χ4v) is 2.79. The van der Waals surface area contributed by atoms with Gasteiger partial charge in [0, 0.05) is 19.3 Å². The second-order valence-electron chi connectivity index (χ2n) is 5.84. The summed E-state index contributed by atoms with van der Waals surface area (Å²) < 4.78 is 7.23. The first-order valence-corrected chi connectivity index (χ1v) is 7.69. The third-order valence-electron chi connectivity index (χ3n) is 3.78. The Morgan fingerprint density at radius 2 is 2.04 bits per heavy atom. The molecule has 0 aromatic carbocycles. The van der Waals surface area contributed by atoms with E-state index in [0.717, 1.165) is 5.52 Å². The van der Waals surface area contributed by atoms with Gasteiger partial charge >= 0.3 is 0 Å². The standard InChI is InChI=1S/C16H20N4O3/c1-11-9-19(10-12(2)23-11)15(21)8-17-16(22)14-7-13-5-3-4-6-20(13)18-14/h3-7,11-12H,8-10H2,1-2H3,(H,17,22). The molecular formula is C16H20N4O3. The molecule has 2 amide bonds. The summed E-state index contributed by atoms with van der Waals surface area (Å²) in [5.74, 6) is -0.458. The lowest BCUT2D eigenvalue weighted by Crippen LogP contribution is -2.51. The first-order chi connectivity index (χ1) is 11.0. The molecule has 2 atom stereocenters. The summed E-state index contributed by atoms with van der Waals surface area (Å²) in [5, 5.41) is 6.83. The van der Waals surface area contributed by atoms with Crippen LogP contribution in [0, 0.1) is 0 Å². The van der Waals surface area contributed by atoms with Gasteiger partial charge in [0.2, 0.25) is 5.91 Å². The smallest absolute Gasteiger partial charge is 0.272 e. The second-order valence-corrected chi connectivity index (χ2v) is 5.84. The maximum Gasteiger partial charge on any atom is 0.272 e. The van der Waals surface area contributed by atoms with Crippen LogP contribution in [0.25, 0.3) is 5.52 Å². The first kappa shape index (κ1) is 15.5. The lowest BCUT2D eigenvalue weighted by molar-refractivity contribution is -0.142. The van der Waals surface area contributed by atoms with Gasteiger partial charge in [-0.15, -0.1) is 0 Å². The minimum atomic E-state index is -0.351. The Balaban J connectivity index is 1.59. The minimum absolute atomic E-state index is 0.0110. The van der Waals surface area contributed by atoms with Crippen LogP contribution in [0.15, 0.2) is 30.5 Å². The summed E-state index contributed by atoms with van der Waals surface area (Å²) in [4.78, 5) is 26.1. The van der Waals surface area contributed by atoms with Gasteiger partial charge in [-0.3, -0.25) is 9.59 Å². The lowest BCUT2D eigenvalue weighted by atomic mass is 10.2. The summed E-state index contributed by atoms with van der Waals surface area (Å²) in [6.07, 6.45) is 1.79. The zero-order valence-electron chi connectivity index (χ0n) is 13.2. The fourth-order valence-electron chi connectivity index (χ4n) is 2.79. The number of hydrogen-bond acceptors (Lipinski definition) is 4. The summed E-state index contributed by atoms with van der Waals surface area (Å²) >= 11 is 0. The predicted molar refractivity (Wildman–Crippen MR) is 84.1 cm³/mol. The van der Waals surface area contributed by atoms with Gasteiger partial charge in [0.15, 0.2) is 5.69 Å². The quantitative estimate of drug-likeness (QED) is 0.904. The molecule has 1 fully saturated rings. The molecule has 1 saturated heterocycles. The average Bonchev–Trinajstić information content (AvgIpc) is 2.95. The highest BCUT2D eigenvalue weighted by Crippen LogP contribution is 2.10. The maximum atomic E-state index is 12.2. The predicted octanol–water partition coefficient (Wildman–Crippen LogP) is 0.700. The highest BCUT2D eigenvalue weighted by Gasteiger charge is 2.26. The van der Waals surface area contributed by atoms with Crippen LogP contribution in [0.4, 0.5) is 0 Å². The van der Waals surface area contributed by atoms with E-state index in [4.69, 9.17) is 4.74 Å². The van der Waals surface area contributed by atoms with Crippen LogP contribution in [-0.2, 0) is 9.53 Å². The van der Waals surface area contributed by atoms with Gasteiger partial charge in [-0.2, -0.15) is 5.10 Å². The molecule has 122 valence electrons. The fraction of sp³-hybridized carbons (Fsp3) is 0.438. The maximum absolute atomic E-state index is 12.2. The number of carbonyl (C=O) groups excluding carboxylic acids is 2. The number of ether oxygens (including phenoxy) is 1. The van der Waals surface area contributed by atoms with Gasteiger partial charge in [-0.1, -0.05) is 6.07 Å². The molecule has 0 radical (unpaired) electrons. The highest BCUT2D eigenvalue weighted by molar-refractivity contribution is 5.95. The van der Waals surface area contributed by atoms with Gasteiger partial charge in [-0.25, -0.2) is 4.52 Å². The Morgan fingerprint density at radius 3 is 2.74 bits per heavy atom. The molecule has 1 aliphatic heterocycles. The molecule has 1 aliphatic rings. The molecule has 2 aromatic rings. The van der Waals surface area contributed by atoms with Crippen molar-refractivity contribution in [2.45, 2.75) is 26.1 Å². The van der Waals surface area contributed by atoms with E-state index in [9.17, 15) is 9.59 Å². The normalized spacial score (nSPS) is 21.4. The zero-order chi connectivity index (χ0) is 16.4. The molecule has 2 unspecified atom stereocenters. The Hall–Kier alpha value is -2.41. The molecule has 0 bridgehead atoms. The monoisotopic (exact) mass is 316 g/mol. The van der Waals surface area contributed by atoms with Crippen molar-refractivity contribution in [3.63, 3.8) is 0 Å². The van der Waals surface area contributed by atoms with Crippen molar-refractivity contribution >= 4 is 17.3 Å². The van der Waals surface area contributed by atoms with E-state index >= 15 is 0 Å². The molecule has 7 nitrogen and oxygen atoms in total. The number of morpholine rings is 1. The summed E-state index contributed by atoms with van der Waals surface area (Å²) in [5.41, 5.74) is 1.13. The number of aromatic nitrogens is 2. The van der Waals surface area contributed by atoms with Gasteiger partial charge < -0.3 is 15.0 Å². The molecule has 1 N–H and O–H groups in total. The van der Waals surface area contributed by atoms with Gasteiger partial charge in [-0.05, 0) is 32.0 Å². The zero-order valence-corrected chi connectivity index (χ0v) is 13.2. The van der Waals surface area contributed by atoms with Gasteiger partial charge in [0.05, 0.1) is 24.3 Å². The molecule has 7 heteroatoms. The summed E-state index contributed by atoms with van der Waals surface area (Å²) in [7, 11) is 0. The van der Waals surface area contributed by atoms with E-state index in [1.54, 1.807) is 21.7 Å². The topological polar surface area (TPSA) is 75.9 Å². The second kappa shape index (κ2) is 6.37. The van der Waals surface area contributed by atoms with Crippen molar-refractivity contribution in [3.8, 4) is 0 Å². The SMILES string of the molecule is CC1CN(C(=O)CNC(=O)c2cc3ccccn3n2)CC(C)O1. The van der Waals surface area contributed by atoms with Crippen molar-refractivity contribution in [1.82, 2.24) is 19.8 Å². The van der Waals surface area contributed by atoms with Crippen molar-refractivity contribution in [3.05, 3.63) is 36.2 Å². The first-order valence-electron chi connectivity index (χ1n) is 7.69. The molecular weight excluding hydrogens is 296 g/mol. The molecule has 3 rings (SSSR count). The molecule has 23 heavy (non-hydrogen) atoms. The highest BCUT2D eigenvalue weighted by atomic mass is 16.5. The van der Waals surface area contributed by atoms with Crippen LogP contribution in [0.3, 0.4) is 0 Å². The third kappa shape index (κ3) is 3.50. The van der Waals surface area contributed by atoms with Gasteiger partial charge in [0.25, 0.3) is 5.91 Å². The van der Waals surface area contributed by atoms with Crippen molar-refractivity contribution < 1.29 is 14.3 Å². The summed E-state index contributed by atoms with van der Waals surface area (Å²) in [6.45, 7) is 4.93. The number of hydrogen-bond donors (Lipinski definition) is 1. The van der Waals surface area contributed by atoms with E-state index in [1.165, 1.54) is 0 Å². The molecule has 0 aliphatic carbocycles. The van der Waals surface area contributed by atoms with E-state index in [0.29, 0.717) is 18.8 Å². The number of carbonyl (C=O) groups is 2. The van der Waals surface area contributed by atoms with E-state index in [2.05, 4.69) is 10.4 Å². The number of rotatable bonds is 3. The van der Waals surface area contributed by atoms with Crippen molar-refractivity contribution in [2.24, 2.45) is 0 Å². The molecule has 3 heterocycles. The van der Waals surface area contributed by atoms with Crippen LogP contribution >= 0.6 is 0 Å². The third-order valence-corrected chi connectivity index (χ3v) is 3.78. The number of pyridine rings is 1. The van der Waals surface area contributed by atoms with Crippen LogP contribution in [-0.4, -0.2) is 58.2 Å². The number of fused-ring (bicyclic) bond motifs is 1. The lowest BCUT2D eigenvalue weighted by Gasteiger charge is -2.35. The van der Waals surface area contributed by atoms with E-state index < -0.39 is 0 Å². The average molecular weight is 316 g/mol. The van der Waals surface area contributed by atoms with Crippen LogP contribution in [0.1, 0.15) is 24.3 Å². The number of nitrogens with one attached hydrogen (secondary N) is 1. The van der Waals surface area contributed by atoms with E-state index in [1.807, 2.05) is 32.0 Å². The van der Waals surface area contributed by atoms with E-state index in [-0.39, 0.29) is 30.6 Å². The van der Waals surface area contributed by atoms with Gasteiger partial charge in [0.1, 0.15) is 0 Å². The van der Waals surface area contributed by atoms with Crippen LogP contribution < -0.4 is 5.32 Å². The number of nitrogens with zero attached hydrogens (tertiary/aromatic N) is 3. The van der Waals surface area contributed by atoms with Crippen LogP contribution in [0.2, 0.25) is 0 Å². The van der Waals surface area contributed by atoms with Crippen LogP contribution in [0.5, 0.6) is 0 Å². The Bertz CT molecular complexity index is 684. The molecule has 0 spiro atoms. The number of amides is 2. The largest absolute Gasteiger partial charge is 0.372 e. The molecule has 0 saturated carbocycles. The Morgan fingerprint density at radius 1 is 1.30 bits per heavy atom.